The summed E-state index contributed by atoms with van der Waals surface area (Å²) >= 11 is 0. The van der Waals surface area contributed by atoms with Crippen molar-refractivity contribution in [1.82, 2.24) is 5.32 Å². The summed E-state index contributed by atoms with van der Waals surface area (Å²) in [6.07, 6.45) is 4.62. The molecule has 0 aromatic rings. The molecule has 2 saturated carbocycles. The van der Waals surface area contributed by atoms with Gasteiger partial charge in [-0.1, -0.05) is 6.92 Å². The summed E-state index contributed by atoms with van der Waals surface area (Å²) in [6, 6.07) is 0. The Morgan fingerprint density at radius 3 is 3.09 bits per heavy atom. The van der Waals surface area contributed by atoms with Gasteiger partial charge in [0.05, 0.1) is 0 Å². The molecule has 0 amide bonds. The van der Waals surface area contributed by atoms with Gasteiger partial charge in [0, 0.05) is 6.54 Å². The fraction of sp³-hybridized carbons (Fsp3) is 1.00. The van der Waals surface area contributed by atoms with Crippen LogP contribution in [0.1, 0.15) is 26.2 Å². The first-order valence-corrected chi connectivity index (χ1v) is 5.01. The Hall–Kier alpha value is -0.0400. The number of hydrogen-bond acceptors (Lipinski definition) is 1. The van der Waals surface area contributed by atoms with E-state index in [-0.39, 0.29) is 0 Å². The SMILES string of the molecule is C[C@]12CNC[C@@H]1[C@@H]1CC[C@H]2C1. The lowest BCUT2D eigenvalue weighted by Crippen LogP contribution is -2.32. The Bertz CT molecular complexity index is 189. The third-order valence-corrected chi connectivity index (χ3v) is 4.69. The monoisotopic (exact) mass is 151 g/mol. The quantitative estimate of drug-likeness (QED) is 0.555. The maximum absolute atomic E-state index is 3.57. The Labute approximate surface area is 68.6 Å². The third kappa shape index (κ3) is 0.618. The zero-order chi connectivity index (χ0) is 7.47. The van der Waals surface area contributed by atoms with E-state index in [0.717, 1.165) is 17.8 Å². The first kappa shape index (κ1) is 6.47. The van der Waals surface area contributed by atoms with Crippen molar-refractivity contribution in [3.05, 3.63) is 0 Å². The molecule has 1 heteroatoms. The summed E-state index contributed by atoms with van der Waals surface area (Å²) in [5, 5.41) is 3.57. The highest BCUT2D eigenvalue weighted by molar-refractivity contribution is 5.08. The first-order chi connectivity index (χ1) is 5.31. The molecule has 1 N–H and O–H groups in total. The van der Waals surface area contributed by atoms with Crippen molar-refractivity contribution in [3.63, 3.8) is 0 Å². The van der Waals surface area contributed by atoms with Crippen molar-refractivity contribution >= 4 is 0 Å². The van der Waals surface area contributed by atoms with E-state index in [0.29, 0.717) is 5.41 Å². The van der Waals surface area contributed by atoms with Gasteiger partial charge < -0.3 is 5.32 Å². The Balaban J connectivity index is 2.00. The second-order valence-corrected chi connectivity index (χ2v) is 5.01. The lowest BCUT2D eigenvalue weighted by atomic mass is 9.70. The van der Waals surface area contributed by atoms with E-state index >= 15 is 0 Å². The minimum atomic E-state index is 0.711. The van der Waals surface area contributed by atoms with Crippen LogP contribution in [0.4, 0.5) is 0 Å². The van der Waals surface area contributed by atoms with Crippen LogP contribution in [0.3, 0.4) is 0 Å². The van der Waals surface area contributed by atoms with Gasteiger partial charge in [0.2, 0.25) is 0 Å². The maximum atomic E-state index is 3.57. The molecule has 1 nitrogen and oxygen atoms in total. The van der Waals surface area contributed by atoms with Crippen LogP contribution in [0.2, 0.25) is 0 Å². The average Bonchev–Trinajstić information content (AvgIpc) is 2.54. The zero-order valence-corrected chi connectivity index (χ0v) is 7.27. The molecule has 1 heterocycles. The highest BCUT2D eigenvalue weighted by Crippen LogP contribution is 2.60. The van der Waals surface area contributed by atoms with Crippen molar-refractivity contribution in [3.8, 4) is 0 Å². The summed E-state index contributed by atoms with van der Waals surface area (Å²) in [5.74, 6) is 3.22. The third-order valence-electron chi connectivity index (χ3n) is 4.69. The van der Waals surface area contributed by atoms with Crippen LogP contribution in [0.25, 0.3) is 0 Å². The van der Waals surface area contributed by atoms with Crippen LogP contribution >= 0.6 is 0 Å². The molecular formula is C10H17N. The van der Waals surface area contributed by atoms with Crippen LogP contribution in [0.15, 0.2) is 0 Å². The molecule has 4 atom stereocenters. The number of nitrogens with one attached hydrogen (secondary N) is 1. The van der Waals surface area contributed by atoms with E-state index in [1.807, 2.05) is 0 Å². The fourth-order valence-electron chi connectivity index (χ4n) is 3.99. The van der Waals surface area contributed by atoms with E-state index < -0.39 is 0 Å². The molecule has 11 heavy (non-hydrogen) atoms. The molecule has 0 aromatic heterocycles. The van der Waals surface area contributed by atoms with E-state index in [2.05, 4.69) is 12.2 Å². The van der Waals surface area contributed by atoms with Gasteiger partial charge in [-0.25, -0.2) is 0 Å². The van der Waals surface area contributed by atoms with Gasteiger partial charge >= 0.3 is 0 Å². The maximum Gasteiger partial charge on any atom is 0.00112 e. The van der Waals surface area contributed by atoms with E-state index in [4.69, 9.17) is 0 Å². The minimum absolute atomic E-state index is 0.711. The van der Waals surface area contributed by atoms with Crippen LogP contribution in [-0.2, 0) is 0 Å². The van der Waals surface area contributed by atoms with Crippen molar-refractivity contribution in [2.24, 2.45) is 23.2 Å². The molecule has 62 valence electrons. The lowest BCUT2D eigenvalue weighted by molar-refractivity contribution is 0.156. The summed E-state index contributed by atoms with van der Waals surface area (Å²) in [5.41, 5.74) is 0.711. The molecule has 0 radical (unpaired) electrons. The normalized spacial score (nSPS) is 60.3. The highest BCUT2D eigenvalue weighted by Gasteiger charge is 2.56. The Morgan fingerprint density at radius 1 is 1.36 bits per heavy atom. The Morgan fingerprint density at radius 2 is 2.27 bits per heavy atom. The molecule has 3 rings (SSSR count). The van der Waals surface area contributed by atoms with Crippen LogP contribution in [-0.4, -0.2) is 13.1 Å². The van der Waals surface area contributed by atoms with Gasteiger partial charge in [0.1, 0.15) is 0 Å². The molecular weight excluding hydrogens is 134 g/mol. The standard InChI is InChI=1S/C10H17N/c1-10-6-11-5-9(10)7-2-3-8(10)4-7/h7-9,11H,2-6H2,1H3/t7-,8+,9-,10-/m1/s1. The predicted molar refractivity (Wildman–Crippen MR) is 45.3 cm³/mol. The predicted octanol–water partition coefficient (Wildman–Crippen LogP) is 1.64. The van der Waals surface area contributed by atoms with Gasteiger partial charge in [-0.3, -0.25) is 0 Å². The Kier molecular flexibility index (Phi) is 1.07. The van der Waals surface area contributed by atoms with Crippen LogP contribution < -0.4 is 5.32 Å². The summed E-state index contributed by atoms with van der Waals surface area (Å²) in [4.78, 5) is 0. The van der Waals surface area contributed by atoms with E-state index in [1.54, 1.807) is 6.42 Å². The molecule has 1 aliphatic heterocycles. The van der Waals surface area contributed by atoms with E-state index in [9.17, 15) is 0 Å². The minimum Gasteiger partial charge on any atom is -0.316 e. The van der Waals surface area contributed by atoms with E-state index in [1.165, 1.54) is 25.9 Å². The zero-order valence-electron chi connectivity index (χ0n) is 7.27. The molecule has 1 saturated heterocycles. The first-order valence-electron chi connectivity index (χ1n) is 5.01. The van der Waals surface area contributed by atoms with Crippen molar-refractivity contribution in [2.45, 2.75) is 26.2 Å². The molecule has 3 aliphatic rings. The largest absolute Gasteiger partial charge is 0.316 e. The van der Waals surface area contributed by atoms with Gasteiger partial charge in [0.15, 0.2) is 0 Å². The van der Waals surface area contributed by atoms with Gasteiger partial charge in [0.25, 0.3) is 0 Å². The average molecular weight is 151 g/mol. The molecule has 0 spiro atoms. The van der Waals surface area contributed by atoms with Crippen molar-refractivity contribution in [2.75, 3.05) is 13.1 Å². The second-order valence-electron chi connectivity index (χ2n) is 5.01. The smallest absolute Gasteiger partial charge is 0.00112 e. The summed E-state index contributed by atoms with van der Waals surface area (Å²) in [6.45, 7) is 5.14. The van der Waals surface area contributed by atoms with Crippen molar-refractivity contribution in [1.29, 1.82) is 0 Å². The molecule has 2 bridgehead atoms. The number of rotatable bonds is 0. The van der Waals surface area contributed by atoms with Gasteiger partial charge in [-0.2, -0.15) is 0 Å². The number of fused-ring (bicyclic) bond motifs is 5. The topological polar surface area (TPSA) is 12.0 Å². The lowest BCUT2D eigenvalue weighted by Gasteiger charge is -2.34. The highest BCUT2D eigenvalue weighted by atomic mass is 15.0. The van der Waals surface area contributed by atoms with Crippen LogP contribution in [0.5, 0.6) is 0 Å². The summed E-state index contributed by atoms with van der Waals surface area (Å²) < 4.78 is 0. The molecule has 0 unspecified atom stereocenters. The second kappa shape index (κ2) is 1.82. The van der Waals surface area contributed by atoms with Crippen molar-refractivity contribution < 1.29 is 0 Å². The molecule has 0 aromatic carbocycles. The van der Waals surface area contributed by atoms with Crippen LogP contribution in [0, 0.1) is 23.2 Å². The number of hydrogen-bond donors (Lipinski definition) is 1. The molecule has 2 aliphatic carbocycles. The van der Waals surface area contributed by atoms with Gasteiger partial charge in [-0.15, -0.1) is 0 Å². The fourth-order valence-corrected chi connectivity index (χ4v) is 3.99. The van der Waals surface area contributed by atoms with Gasteiger partial charge in [-0.05, 0) is 49.0 Å². The molecule has 3 fully saturated rings. The summed E-state index contributed by atoms with van der Waals surface area (Å²) in [7, 11) is 0.